The zero-order valence-corrected chi connectivity index (χ0v) is 20.8. The second kappa shape index (κ2) is 11.4. The number of rotatable bonds is 7. The molecule has 0 aliphatic heterocycles. The predicted octanol–water partition coefficient (Wildman–Crippen LogP) is 4.29. The molecule has 2 N–H and O–H groups in total. The Bertz CT molecular complexity index is 970. The molecule has 9 heteroatoms. The van der Waals surface area contributed by atoms with Crippen LogP contribution in [0, 0.1) is 19.7 Å². The molecule has 0 bridgehead atoms. The Balaban J connectivity index is 0.00000320. The number of hydrogen-bond donors (Lipinski definition) is 2. The van der Waals surface area contributed by atoms with Crippen LogP contribution in [0.2, 0.25) is 0 Å². The van der Waals surface area contributed by atoms with Gasteiger partial charge in [-0.1, -0.05) is 18.2 Å². The molecule has 1 atom stereocenters. The predicted molar refractivity (Wildman–Crippen MR) is 131 cm³/mol. The first-order valence-corrected chi connectivity index (χ1v) is 10.5. The summed E-state index contributed by atoms with van der Waals surface area (Å²) in [5.74, 6) is 2.10. The average molecular weight is 542 g/mol. The molecular formula is C21H28FIN6S. The van der Waals surface area contributed by atoms with Crippen molar-refractivity contribution in [2.45, 2.75) is 39.8 Å². The number of nitrogens with zero attached hydrogens (tertiary/aromatic N) is 4. The molecule has 2 aromatic heterocycles. The van der Waals surface area contributed by atoms with Gasteiger partial charge in [0, 0.05) is 18.5 Å². The Labute approximate surface area is 198 Å². The normalized spacial score (nSPS) is 12.4. The van der Waals surface area contributed by atoms with Crippen LogP contribution in [0.3, 0.4) is 0 Å². The molecule has 30 heavy (non-hydrogen) atoms. The number of hydrogen-bond acceptors (Lipinski definition) is 4. The molecule has 2 heterocycles. The fraction of sp³-hybridized carbons (Fsp3) is 0.381. The van der Waals surface area contributed by atoms with Crippen LogP contribution in [0.4, 0.5) is 4.39 Å². The fourth-order valence-electron chi connectivity index (χ4n) is 2.82. The minimum Gasteiger partial charge on any atom is -0.356 e. The van der Waals surface area contributed by atoms with Crippen molar-refractivity contribution in [3.05, 3.63) is 69.2 Å². The number of benzene rings is 1. The van der Waals surface area contributed by atoms with Gasteiger partial charge in [-0.25, -0.2) is 9.38 Å². The van der Waals surface area contributed by atoms with Crippen LogP contribution < -0.4 is 10.6 Å². The van der Waals surface area contributed by atoms with Gasteiger partial charge in [-0.3, -0.25) is 0 Å². The molecule has 0 saturated carbocycles. The SMILES string of the molecule is Cc1ccc(C(C)NC(=NCc2nnc(C)n2C)NCCc2cccs2)cc1F.I. The van der Waals surface area contributed by atoms with Crippen molar-refractivity contribution in [1.29, 1.82) is 0 Å². The first-order valence-electron chi connectivity index (χ1n) is 9.62. The molecule has 1 aromatic carbocycles. The highest BCUT2D eigenvalue weighted by molar-refractivity contribution is 14.0. The van der Waals surface area contributed by atoms with E-state index in [0.717, 1.165) is 30.2 Å². The molecule has 0 fully saturated rings. The molecule has 162 valence electrons. The number of nitrogens with one attached hydrogen (secondary N) is 2. The molecule has 3 aromatic rings. The summed E-state index contributed by atoms with van der Waals surface area (Å²) in [7, 11) is 1.93. The Hall–Kier alpha value is -2.01. The molecule has 6 nitrogen and oxygen atoms in total. The van der Waals surface area contributed by atoms with Crippen LogP contribution >= 0.6 is 35.3 Å². The number of thiophene rings is 1. The van der Waals surface area contributed by atoms with E-state index in [1.165, 1.54) is 4.88 Å². The topological polar surface area (TPSA) is 67.1 Å². The zero-order valence-electron chi connectivity index (χ0n) is 17.6. The van der Waals surface area contributed by atoms with Crippen molar-refractivity contribution in [3.63, 3.8) is 0 Å². The highest BCUT2D eigenvalue weighted by Crippen LogP contribution is 2.16. The molecule has 0 saturated heterocycles. The van der Waals surface area contributed by atoms with Crippen molar-refractivity contribution in [2.75, 3.05) is 6.54 Å². The maximum Gasteiger partial charge on any atom is 0.192 e. The number of aliphatic imine (C=N–C) groups is 1. The van der Waals surface area contributed by atoms with Crippen LogP contribution in [0.25, 0.3) is 0 Å². The van der Waals surface area contributed by atoms with E-state index in [4.69, 9.17) is 0 Å². The molecule has 0 amide bonds. The summed E-state index contributed by atoms with van der Waals surface area (Å²) in [5.41, 5.74) is 1.51. The maximum absolute atomic E-state index is 14.0. The van der Waals surface area contributed by atoms with Crippen LogP contribution in [-0.2, 0) is 20.0 Å². The largest absolute Gasteiger partial charge is 0.356 e. The summed E-state index contributed by atoms with van der Waals surface area (Å²) in [6.45, 7) is 6.82. The number of guanidine groups is 1. The van der Waals surface area contributed by atoms with E-state index in [2.05, 4.69) is 43.3 Å². The van der Waals surface area contributed by atoms with Gasteiger partial charge >= 0.3 is 0 Å². The van der Waals surface area contributed by atoms with Crippen LogP contribution in [0.5, 0.6) is 0 Å². The van der Waals surface area contributed by atoms with Gasteiger partial charge in [-0.15, -0.1) is 45.5 Å². The van der Waals surface area contributed by atoms with E-state index in [9.17, 15) is 4.39 Å². The lowest BCUT2D eigenvalue weighted by Gasteiger charge is -2.19. The van der Waals surface area contributed by atoms with Crippen molar-refractivity contribution in [3.8, 4) is 0 Å². The minimum absolute atomic E-state index is 0. The van der Waals surface area contributed by atoms with E-state index in [1.807, 2.05) is 31.5 Å². The van der Waals surface area contributed by atoms with Crippen molar-refractivity contribution in [1.82, 2.24) is 25.4 Å². The summed E-state index contributed by atoms with van der Waals surface area (Å²) in [6.07, 6.45) is 0.912. The monoisotopic (exact) mass is 542 g/mol. The van der Waals surface area contributed by atoms with Crippen molar-refractivity contribution < 1.29 is 4.39 Å². The minimum atomic E-state index is -0.199. The summed E-state index contributed by atoms with van der Waals surface area (Å²) in [5, 5.41) is 17.1. The average Bonchev–Trinajstić information content (AvgIpc) is 3.32. The molecule has 3 rings (SSSR count). The van der Waals surface area contributed by atoms with Crippen molar-refractivity contribution in [2.24, 2.45) is 12.0 Å². The van der Waals surface area contributed by atoms with Crippen LogP contribution in [0.15, 0.2) is 40.7 Å². The lowest BCUT2D eigenvalue weighted by Crippen LogP contribution is -2.39. The first-order chi connectivity index (χ1) is 13.9. The molecule has 0 spiro atoms. The third-order valence-electron chi connectivity index (χ3n) is 4.85. The van der Waals surface area contributed by atoms with E-state index < -0.39 is 0 Å². The summed E-state index contributed by atoms with van der Waals surface area (Å²) < 4.78 is 15.9. The molecule has 0 aliphatic carbocycles. The van der Waals surface area contributed by atoms with E-state index in [-0.39, 0.29) is 35.8 Å². The second-order valence-electron chi connectivity index (χ2n) is 7.02. The summed E-state index contributed by atoms with van der Waals surface area (Å²) in [6, 6.07) is 9.38. The van der Waals surface area contributed by atoms with Gasteiger partial charge in [-0.2, -0.15) is 0 Å². The Kier molecular flexibility index (Phi) is 9.22. The van der Waals surface area contributed by atoms with Gasteiger partial charge in [0.25, 0.3) is 0 Å². The number of aryl methyl sites for hydroxylation is 2. The van der Waals surface area contributed by atoms with E-state index >= 15 is 0 Å². The summed E-state index contributed by atoms with van der Waals surface area (Å²) in [4.78, 5) is 5.99. The second-order valence-corrected chi connectivity index (χ2v) is 8.05. The zero-order chi connectivity index (χ0) is 20.8. The van der Waals surface area contributed by atoms with Gasteiger partial charge in [-0.05, 0) is 55.8 Å². The smallest absolute Gasteiger partial charge is 0.192 e. The molecular weight excluding hydrogens is 514 g/mol. The fourth-order valence-corrected chi connectivity index (χ4v) is 3.53. The van der Waals surface area contributed by atoms with E-state index in [0.29, 0.717) is 18.1 Å². The van der Waals surface area contributed by atoms with Gasteiger partial charge in [0.15, 0.2) is 11.8 Å². The quantitative estimate of drug-likeness (QED) is 0.266. The Morgan fingerprint density at radius 2 is 2.07 bits per heavy atom. The van der Waals surface area contributed by atoms with Gasteiger partial charge in [0.2, 0.25) is 0 Å². The maximum atomic E-state index is 14.0. The number of aromatic nitrogens is 3. The highest BCUT2D eigenvalue weighted by atomic mass is 127. The lowest BCUT2D eigenvalue weighted by atomic mass is 10.1. The van der Waals surface area contributed by atoms with Gasteiger partial charge < -0.3 is 15.2 Å². The Morgan fingerprint density at radius 1 is 1.27 bits per heavy atom. The van der Waals surface area contributed by atoms with Gasteiger partial charge in [0.1, 0.15) is 18.2 Å². The standard InChI is InChI=1S/C21H27FN6S.HI/c1-14-7-8-17(12-19(14)22)15(2)25-21(23-10-9-18-6-5-11-29-18)24-13-20-27-26-16(3)28(20)4;/h5-8,11-12,15H,9-10,13H2,1-4H3,(H2,23,24,25);1H. The first kappa shape index (κ1) is 24.3. The lowest BCUT2D eigenvalue weighted by molar-refractivity contribution is 0.607. The summed E-state index contributed by atoms with van der Waals surface area (Å²) >= 11 is 1.74. The van der Waals surface area contributed by atoms with E-state index in [1.54, 1.807) is 30.4 Å². The highest BCUT2D eigenvalue weighted by Gasteiger charge is 2.11. The molecule has 0 aliphatic rings. The van der Waals surface area contributed by atoms with Crippen LogP contribution in [0.1, 0.15) is 40.6 Å². The third kappa shape index (κ3) is 6.49. The Morgan fingerprint density at radius 3 is 2.70 bits per heavy atom. The van der Waals surface area contributed by atoms with Crippen LogP contribution in [-0.4, -0.2) is 27.3 Å². The molecule has 0 radical (unpaired) electrons. The number of halogens is 2. The van der Waals surface area contributed by atoms with Crippen molar-refractivity contribution >= 4 is 41.3 Å². The third-order valence-corrected chi connectivity index (χ3v) is 5.79. The van der Waals surface area contributed by atoms with Gasteiger partial charge in [0.05, 0.1) is 6.04 Å². The molecule has 1 unspecified atom stereocenters.